The van der Waals surface area contributed by atoms with Crippen LogP contribution in [0.1, 0.15) is 25.7 Å². The number of halogens is 1. The van der Waals surface area contributed by atoms with Crippen LogP contribution in [0.4, 0.5) is 4.39 Å². The summed E-state index contributed by atoms with van der Waals surface area (Å²) in [6, 6.07) is 0. The minimum atomic E-state index is -1.62. The third-order valence-electron chi connectivity index (χ3n) is 5.51. The lowest BCUT2D eigenvalue weighted by molar-refractivity contribution is -0.149. The van der Waals surface area contributed by atoms with Crippen molar-refractivity contribution in [2.24, 2.45) is 5.92 Å². The van der Waals surface area contributed by atoms with Crippen molar-refractivity contribution in [3.63, 3.8) is 0 Å². The van der Waals surface area contributed by atoms with E-state index in [-0.39, 0.29) is 17.9 Å². The lowest BCUT2D eigenvalue weighted by Crippen LogP contribution is -2.49. The van der Waals surface area contributed by atoms with Gasteiger partial charge in [-0.15, -0.1) is 0 Å². The number of fused-ring (bicyclic) bond motifs is 1. The number of carbonyl (C=O) groups is 2. The molecule has 0 aromatic heterocycles. The molecule has 0 radical (unpaired) electrons. The maximum absolute atomic E-state index is 14.0. The first-order chi connectivity index (χ1) is 11.1. The Balaban J connectivity index is 1.36. The van der Waals surface area contributed by atoms with Gasteiger partial charge in [0.15, 0.2) is 5.67 Å². The van der Waals surface area contributed by atoms with Crippen molar-refractivity contribution in [3.8, 4) is 0 Å². The average Bonchev–Trinajstić information content (AvgIpc) is 3.20. The summed E-state index contributed by atoms with van der Waals surface area (Å²) in [5.74, 6) is -0.0592. The Kier molecular flexibility index (Phi) is 3.80. The van der Waals surface area contributed by atoms with Crippen molar-refractivity contribution >= 4 is 11.8 Å². The zero-order valence-corrected chi connectivity index (χ0v) is 13.2. The van der Waals surface area contributed by atoms with E-state index in [1.54, 1.807) is 9.80 Å². The van der Waals surface area contributed by atoms with Crippen LogP contribution >= 0.6 is 0 Å². The Bertz CT molecular complexity index is 504. The molecule has 0 aromatic rings. The molecule has 3 atom stereocenters. The summed E-state index contributed by atoms with van der Waals surface area (Å²) in [6.45, 7) is 3.37. The lowest BCUT2D eigenvalue weighted by Gasteiger charge is -2.34. The zero-order chi connectivity index (χ0) is 16.0. The maximum atomic E-state index is 14.0. The van der Waals surface area contributed by atoms with Crippen LogP contribution in [-0.2, 0) is 19.1 Å². The Morgan fingerprint density at radius 2 is 1.83 bits per heavy atom. The monoisotopic (exact) mass is 326 g/mol. The smallest absolute Gasteiger partial charge is 0.260 e. The highest BCUT2D eigenvalue weighted by Crippen LogP contribution is 2.43. The number of carbonyl (C=O) groups excluding carboxylic acids is 2. The molecular weight excluding hydrogens is 303 g/mol. The van der Waals surface area contributed by atoms with E-state index in [1.165, 1.54) is 0 Å². The van der Waals surface area contributed by atoms with Crippen molar-refractivity contribution in [2.45, 2.75) is 43.6 Å². The van der Waals surface area contributed by atoms with Gasteiger partial charge in [0.05, 0.1) is 19.3 Å². The van der Waals surface area contributed by atoms with Gasteiger partial charge in [-0.05, 0) is 31.6 Å². The maximum Gasteiger partial charge on any atom is 0.260 e. The van der Waals surface area contributed by atoms with E-state index in [2.05, 4.69) is 0 Å². The first-order valence-electron chi connectivity index (χ1n) is 8.57. The molecule has 4 fully saturated rings. The number of rotatable bonds is 2. The van der Waals surface area contributed by atoms with Crippen LogP contribution in [0.2, 0.25) is 0 Å². The van der Waals surface area contributed by atoms with Gasteiger partial charge in [-0.3, -0.25) is 9.59 Å². The van der Waals surface area contributed by atoms with Crippen LogP contribution < -0.4 is 0 Å². The van der Waals surface area contributed by atoms with E-state index in [0.29, 0.717) is 64.6 Å². The number of ether oxygens (including phenoxy) is 2. The van der Waals surface area contributed by atoms with Crippen LogP contribution in [0.25, 0.3) is 0 Å². The largest absolute Gasteiger partial charge is 0.378 e. The minimum absolute atomic E-state index is 0.0322. The molecule has 2 amide bonds. The zero-order valence-electron chi connectivity index (χ0n) is 13.2. The van der Waals surface area contributed by atoms with Crippen molar-refractivity contribution in [2.75, 3.05) is 39.4 Å². The second kappa shape index (κ2) is 5.70. The highest BCUT2D eigenvalue weighted by atomic mass is 19.1. The van der Waals surface area contributed by atoms with E-state index >= 15 is 0 Å². The molecule has 6 nitrogen and oxygen atoms in total. The Labute approximate surface area is 134 Å². The molecule has 1 unspecified atom stereocenters. The predicted octanol–water partition coefficient (Wildman–Crippen LogP) is 0.353. The van der Waals surface area contributed by atoms with Gasteiger partial charge < -0.3 is 19.3 Å². The van der Waals surface area contributed by atoms with Gasteiger partial charge in [-0.1, -0.05) is 0 Å². The van der Waals surface area contributed by atoms with Crippen LogP contribution in [0.5, 0.6) is 0 Å². The van der Waals surface area contributed by atoms with Gasteiger partial charge in [-0.2, -0.15) is 0 Å². The van der Waals surface area contributed by atoms with Crippen LogP contribution in [0, 0.1) is 5.92 Å². The van der Waals surface area contributed by atoms with Gasteiger partial charge in [-0.25, -0.2) is 4.39 Å². The molecular formula is C16H23FN2O4. The van der Waals surface area contributed by atoms with E-state index in [0.717, 1.165) is 6.42 Å². The summed E-state index contributed by atoms with van der Waals surface area (Å²) in [4.78, 5) is 28.1. The van der Waals surface area contributed by atoms with Gasteiger partial charge in [0, 0.05) is 26.2 Å². The summed E-state index contributed by atoms with van der Waals surface area (Å²) >= 11 is 0. The standard InChI is InChI=1S/C16H23FN2O4/c17-16(2-3-16)15(21)19-4-1-11-9-12(23-13(11)10-19)14(20)18-5-7-22-8-6-18/h11-13H,1-10H2/t11-,12?,13-/m0/s1. The molecule has 0 spiro atoms. The normalized spacial score (nSPS) is 35.8. The number of likely N-dealkylation sites (tertiary alicyclic amines) is 1. The van der Waals surface area contributed by atoms with Crippen LogP contribution in [-0.4, -0.2) is 78.9 Å². The molecule has 3 heterocycles. The molecule has 7 heteroatoms. The third kappa shape index (κ3) is 2.85. The fourth-order valence-corrected chi connectivity index (χ4v) is 3.87. The van der Waals surface area contributed by atoms with E-state index in [4.69, 9.17) is 9.47 Å². The predicted molar refractivity (Wildman–Crippen MR) is 78.4 cm³/mol. The second-order valence-corrected chi connectivity index (χ2v) is 7.10. The third-order valence-corrected chi connectivity index (χ3v) is 5.51. The first-order valence-corrected chi connectivity index (χ1v) is 8.57. The Morgan fingerprint density at radius 1 is 1.09 bits per heavy atom. The summed E-state index contributed by atoms with van der Waals surface area (Å²) in [5.41, 5.74) is -1.62. The summed E-state index contributed by atoms with van der Waals surface area (Å²) in [5, 5.41) is 0. The van der Waals surface area contributed by atoms with Crippen molar-refractivity contribution < 1.29 is 23.5 Å². The number of hydrogen-bond donors (Lipinski definition) is 0. The quantitative estimate of drug-likeness (QED) is 0.735. The van der Waals surface area contributed by atoms with E-state index in [9.17, 15) is 14.0 Å². The lowest BCUT2D eigenvalue weighted by atomic mass is 9.91. The minimum Gasteiger partial charge on any atom is -0.378 e. The van der Waals surface area contributed by atoms with Gasteiger partial charge in [0.2, 0.25) is 0 Å². The molecule has 0 N–H and O–H groups in total. The van der Waals surface area contributed by atoms with Gasteiger partial charge in [0.1, 0.15) is 6.10 Å². The number of hydrogen-bond acceptors (Lipinski definition) is 4. The molecule has 3 saturated heterocycles. The molecule has 23 heavy (non-hydrogen) atoms. The first kappa shape index (κ1) is 15.3. The molecule has 0 aromatic carbocycles. The molecule has 4 rings (SSSR count). The molecule has 0 bridgehead atoms. The summed E-state index contributed by atoms with van der Waals surface area (Å²) < 4.78 is 25.2. The Morgan fingerprint density at radius 3 is 2.52 bits per heavy atom. The number of piperidine rings is 1. The van der Waals surface area contributed by atoms with Crippen molar-refractivity contribution in [1.82, 2.24) is 9.80 Å². The van der Waals surface area contributed by atoms with Crippen molar-refractivity contribution in [3.05, 3.63) is 0 Å². The number of morpholine rings is 1. The van der Waals surface area contributed by atoms with Gasteiger partial charge >= 0.3 is 0 Å². The molecule has 4 aliphatic rings. The fraction of sp³-hybridized carbons (Fsp3) is 0.875. The van der Waals surface area contributed by atoms with Crippen LogP contribution in [0.15, 0.2) is 0 Å². The average molecular weight is 326 g/mol. The number of amides is 2. The SMILES string of the molecule is O=C(C1C[C@@H]2CCN(C(=O)C3(F)CC3)C[C@@H]2O1)N1CCOCC1. The molecule has 1 aliphatic carbocycles. The molecule has 128 valence electrons. The Hall–Kier alpha value is -1.21. The van der Waals surface area contributed by atoms with Crippen molar-refractivity contribution in [1.29, 1.82) is 0 Å². The molecule has 1 saturated carbocycles. The number of alkyl halides is 1. The van der Waals surface area contributed by atoms with E-state index in [1.807, 2.05) is 0 Å². The summed E-state index contributed by atoms with van der Waals surface area (Å²) in [6.07, 6.45) is 1.64. The number of nitrogens with zero attached hydrogens (tertiary/aromatic N) is 2. The van der Waals surface area contributed by atoms with E-state index < -0.39 is 11.8 Å². The highest BCUT2D eigenvalue weighted by molar-refractivity contribution is 5.88. The van der Waals surface area contributed by atoms with Crippen LogP contribution in [0.3, 0.4) is 0 Å². The topological polar surface area (TPSA) is 59.1 Å². The molecule has 3 aliphatic heterocycles. The fourth-order valence-electron chi connectivity index (χ4n) is 3.87. The summed E-state index contributed by atoms with van der Waals surface area (Å²) in [7, 11) is 0. The highest BCUT2D eigenvalue weighted by Gasteiger charge is 2.54. The second-order valence-electron chi connectivity index (χ2n) is 7.10. The van der Waals surface area contributed by atoms with Gasteiger partial charge in [0.25, 0.3) is 11.8 Å².